The standard InChI is InChI=1S/C19H25F3N4O/c1-3-17-16(12-24-26(17)13-15-8-5-4-6-9-15)18(27)23-10-7-11-25(2)14-19(20,21)22/h4-6,8-9,12H,3,7,10-11,13-14H2,1-2H3,(H,23,27). The summed E-state index contributed by atoms with van der Waals surface area (Å²) in [4.78, 5) is 13.6. The minimum Gasteiger partial charge on any atom is -0.352 e. The minimum absolute atomic E-state index is 0.246. The van der Waals surface area contributed by atoms with Crippen LogP contribution >= 0.6 is 0 Å². The van der Waals surface area contributed by atoms with Gasteiger partial charge in [0, 0.05) is 6.54 Å². The van der Waals surface area contributed by atoms with Gasteiger partial charge in [0.25, 0.3) is 5.91 Å². The van der Waals surface area contributed by atoms with Crippen LogP contribution in [0.15, 0.2) is 36.5 Å². The number of benzene rings is 1. The Hall–Kier alpha value is -2.35. The minimum atomic E-state index is -4.21. The van der Waals surface area contributed by atoms with E-state index in [4.69, 9.17) is 0 Å². The second kappa shape index (κ2) is 9.55. The number of hydrogen-bond acceptors (Lipinski definition) is 3. The number of amides is 1. The second-order valence-corrected chi connectivity index (χ2v) is 6.46. The first kappa shape index (κ1) is 21.0. The van der Waals surface area contributed by atoms with Crippen LogP contribution < -0.4 is 5.32 Å². The molecule has 0 fully saturated rings. The van der Waals surface area contributed by atoms with Crippen molar-refractivity contribution in [1.29, 1.82) is 0 Å². The van der Waals surface area contributed by atoms with E-state index >= 15 is 0 Å². The van der Waals surface area contributed by atoms with Crippen molar-refractivity contribution >= 4 is 5.91 Å². The maximum Gasteiger partial charge on any atom is 0.401 e. The molecule has 148 valence electrons. The third kappa shape index (κ3) is 6.71. The van der Waals surface area contributed by atoms with Gasteiger partial charge in [0.2, 0.25) is 0 Å². The molecule has 1 N–H and O–H groups in total. The number of rotatable bonds is 9. The molecule has 0 aliphatic heterocycles. The quantitative estimate of drug-likeness (QED) is 0.678. The summed E-state index contributed by atoms with van der Waals surface area (Å²) in [5.74, 6) is -0.246. The number of nitrogens with one attached hydrogen (secondary N) is 1. The zero-order chi connectivity index (χ0) is 19.9. The molecule has 1 amide bonds. The van der Waals surface area contributed by atoms with Crippen molar-refractivity contribution < 1.29 is 18.0 Å². The van der Waals surface area contributed by atoms with Gasteiger partial charge >= 0.3 is 6.18 Å². The summed E-state index contributed by atoms with van der Waals surface area (Å²) < 4.78 is 38.7. The lowest BCUT2D eigenvalue weighted by atomic mass is 10.1. The van der Waals surface area contributed by atoms with Gasteiger partial charge in [0.1, 0.15) is 0 Å². The van der Waals surface area contributed by atoms with E-state index in [1.165, 1.54) is 11.9 Å². The Balaban J connectivity index is 1.87. The highest BCUT2D eigenvalue weighted by molar-refractivity contribution is 5.95. The van der Waals surface area contributed by atoms with E-state index in [1.807, 2.05) is 37.3 Å². The first-order valence-corrected chi connectivity index (χ1v) is 8.92. The first-order valence-electron chi connectivity index (χ1n) is 8.92. The van der Waals surface area contributed by atoms with Crippen LogP contribution in [-0.4, -0.2) is 53.4 Å². The largest absolute Gasteiger partial charge is 0.401 e. The van der Waals surface area contributed by atoms with E-state index in [0.717, 1.165) is 11.3 Å². The van der Waals surface area contributed by atoms with Crippen LogP contribution in [0, 0.1) is 0 Å². The van der Waals surface area contributed by atoms with Gasteiger partial charge in [-0.1, -0.05) is 37.3 Å². The van der Waals surface area contributed by atoms with Crippen molar-refractivity contribution in [1.82, 2.24) is 20.0 Å². The molecule has 27 heavy (non-hydrogen) atoms. The number of hydrogen-bond donors (Lipinski definition) is 1. The Bertz CT molecular complexity index is 728. The average molecular weight is 382 g/mol. The molecule has 0 aliphatic rings. The summed E-state index contributed by atoms with van der Waals surface area (Å²) in [6.45, 7) is 2.16. The van der Waals surface area contributed by atoms with Crippen molar-refractivity contribution in [2.75, 3.05) is 26.7 Å². The van der Waals surface area contributed by atoms with Crippen LogP contribution in [0.25, 0.3) is 0 Å². The van der Waals surface area contributed by atoms with Crippen molar-refractivity contribution in [2.24, 2.45) is 0 Å². The Morgan fingerprint density at radius 1 is 1.26 bits per heavy atom. The summed E-state index contributed by atoms with van der Waals surface area (Å²) in [6.07, 6.45) is -1.56. The highest BCUT2D eigenvalue weighted by Crippen LogP contribution is 2.15. The van der Waals surface area contributed by atoms with Gasteiger partial charge in [0.15, 0.2) is 0 Å². The van der Waals surface area contributed by atoms with Gasteiger partial charge in [-0.25, -0.2) is 0 Å². The molecule has 1 aromatic carbocycles. The molecule has 0 radical (unpaired) electrons. The molecule has 0 saturated carbocycles. The van der Waals surface area contributed by atoms with Gasteiger partial charge in [-0.15, -0.1) is 0 Å². The fourth-order valence-electron chi connectivity index (χ4n) is 2.90. The number of aromatic nitrogens is 2. The summed E-state index contributed by atoms with van der Waals surface area (Å²) >= 11 is 0. The summed E-state index contributed by atoms with van der Waals surface area (Å²) in [5, 5.41) is 7.09. The Kier molecular flexibility index (Phi) is 7.41. The predicted octanol–water partition coefficient (Wildman–Crippen LogP) is 3.11. The number of carbonyl (C=O) groups is 1. The van der Waals surface area contributed by atoms with Crippen LogP contribution in [0.2, 0.25) is 0 Å². The highest BCUT2D eigenvalue weighted by Gasteiger charge is 2.28. The lowest BCUT2D eigenvalue weighted by Gasteiger charge is -2.18. The van der Waals surface area contributed by atoms with E-state index in [-0.39, 0.29) is 12.5 Å². The molecule has 1 heterocycles. The summed E-state index contributed by atoms with van der Waals surface area (Å²) in [5.41, 5.74) is 2.44. The Labute approximate surface area is 157 Å². The van der Waals surface area contributed by atoms with Gasteiger partial charge in [-0.2, -0.15) is 18.3 Å². The predicted molar refractivity (Wildman–Crippen MR) is 97.7 cm³/mol. The van der Waals surface area contributed by atoms with E-state index in [1.54, 1.807) is 10.9 Å². The Morgan fingerprint density at radius 2 is 1.96 bits per heavy atom. The van der Waals surface area contributed by atoms with Crippen molar-refractivity contribution in [3.05, 3.63) is 53.3 Å². The third-order valence-electron chi connectivity index (χ3n) is 4.15. The van der Waals surface area contributed by atoms with Crippen molar-refractivity contribution in [3.8, 4) is 0 Å². The van der Waals surface area contributed by atoms with E-state index in [9.17, 15) is 18.0 Å². The maximum atomic E-state index is 12.4. The normalized spacial score (nSPS) is 11.8. The molecular formula is C19H25F3N4O. The highest BCUT2D eigenvalue weighted by atomic mass is 19.4. The molecule has 0 spiro atoms. The van der Waals surface area contributed by atoms with Gasteiger partial charge < -0.3 is 5.32 Å². The van der Waals surface area contributed by atoms with Crippen molar-refractivity contribution in [3.63, 3.8) is 0 Å². The Morgan fingerprint density at radius 3 is 2.59 bits per heavy atom. The fraction of sp³-hybridized carbons (Fsp3) is 0.474. The monoisotopic (exact) mass is 382 g/mol. The maximum absolute atomic E-state index is 12.4. The molecule has 0 aliphatic carbocycles. The lowest BCUT2D eigenvalue weighted by molar-refractivity contribution is -0.143. The van der Waals surface area contributed by atoms with E-state index in [2.05, 4.69) is 10.4 Å². The van der Waals surface area contributed by atoms with Gasteiger partial charge in [-0.3, -0.25) is 14.4 Å². The topological polar surface area (TPSA) is 50.2 Å². The van der Waals surface area contributed by atoms with E-state index < -0.39 is 12.7 Å². The summed E-state index contributed by atoms with van der Waals surface area (Å²) in [7, 11) is 1.41. The van der Waals surface area contributed by atoms with Crippen LogP contribution in [0.4, 0.5) is 13.2 Å². The molecule has 5 nitrogen and oxygen atoms in total. The SMILES string of the molecule is CCc1c(C(=O)NCCCN(C)CC(F)(F)F)cnn1Cc1ccccc1. The zero-order valence-corrected chi connectivity index (χ0v) is 15.6. The lowest BCUT2D eigenvalue weighted by Crippen LogP contribution is -2.34. The molecule has 2 rings (SSSR count). The first-order chi connectivity index (χ1) is 12.8. The van der Waals surface area contributed by atoms with Crippen LogP contribution in [0.5, 0.6) is 0 Å². The average Bonchev–Trinajstić information content (AvgIpc) is 3.00. The molecule has 0 saturated heterocycles. The van der Waals surface area contributed by atoms with Crippen LogP contribution in [0.3, 0.4) is 0 Å². The number of halogens is 3. The molecule has 8 heteroatoms. The number of carbonyl (C=O) groups excluding carboxylic acids is 1. The fourth-order valence-corrected chi connectivity index (χ4v) is 2.90. The van der Waals surface area contributed by atoms with Crippen LogP contribution in [0.1, 0.15) is 35.0 Å². The molecule has 0 bridgehead atoms. The van der Waals surface area contributed by atoms with Crippen LogP contribution in [-0.2, 0) is 13.0 Å². The third-order valence-corrected chi connectivity index (χ3v) is 4.15. The molecule has 0 atom stereocenters. The molecule has 0 unspecified atom stereocenters. The molecular weight excluding hydrogens is 357 g/mol. The number of alkyl halides is 3. The van der Waals surface area contributed by atoms with Gasteiger partial charge in [0.05, 0.1) is 30.5 Å². The van der Waals surface area contributed by atoms with E-state index in [0.29, 0.717) is 31.5 Å². The zero-order valence-electron chi connectivity index (χ0n) is 15.6. The molecule has 2 aromatic rings. The smallest absolute Gasteiger partial charge is 0.352 e. The van der Waals surface area contributed by atoms with Gasteiger partial charge in [-0.05, 0) is 32.0 Å². The van der Waals surface area contributed by atoms with Crippen molar-refractivity contribution in [2.45, 2.75) is 32.5 Å². The second-order valence-electron chi connectivity index (χ2n) is 6.46. The number of nitrogens with zero attached hydrogens (tertiary/aromatic N) is 3. The molecule has 1 aromatic heterocycles. The summed E-state index contributed by atoms with van der Waals surface area (Å²) in [6, 6.07) is 9.84.